The third kappa shape index (κ3) is 1.60. The van der Waals surface area contributed by atoms with Gasteiger partial charge in [0.15, 0.2) is 0 Å². The second kappa shape index (κ2) is 3.79. The summed E-state index contributed by atoms with van der Waals surface area (Å²) >= 11 is 7.51. The van der Waals surface area contributed by atoms with E-state index in [0.29, 0.717) is 5.88 Å². The topological polar surface area (TPSA) is 26.0 Å². The minimum absolute atomic E-state index is 0.580. The van der Waals surface area contributed by atoms with Crippen molar-refractivity contribution >= 4 is 38.0 Å². The molecule has 2 N–H and O–H groups in total. The van der Waals surface area contributed by atoms with Gasteiger partial charge >= 0.3 is 0 Å². The summed E-state index contributed by atoms with van der Waals surface area (Å²) in [4.78, 5) is 0. The van der Waals surface area contributed by atoms with E-state index in [4.69, 9.17) is 17.3 Å². The van der Waals surface area contributed by atoms with Crippen LogP contribution in [0.15, 0.2) is 18.2 Å². The van der Waals surface area contributed by atoms with Crippen molar-refractivity contribution in [2.75, 3.05) is 5.73 Å². The molecule has 14 heavy (non-hydrogen) atoms. The maximum absolute atomic E-state index is 5.89. The molecule has 0 unspecified atom stereocenters. The largest absolute Gasteiger partial charge is 0.391 e. The van der Waals surface area contributed by atoms with Crippen LogP contribution >= 0.6 is 22.9 Å². The van der Waals surface area contributed by atoms with Gasteiger partial charge < -0.3 is 5.73 Å². The first kappa shape index (κ1) is 9.81. The molecule has 3 heteroatoms. The summed E-state index contributed by atoms with van der Waals surface area (Å²) in [6, 6.07) is 6.37. The van der Waals surface area contributed by atoms with Crippen LogP contribution in [0.2, 0.25) is 0 Å². The van der Waals surface area contributed by atoms with Gasteiger partial charge in [-0.3, -0.25) is 0 Å². The van der Waals surface area contributed by atoms with Crippen LogP contribution in [0.25, 0.3) is 10.1 Å². The van der Waals surface area contributed by atoms with Gasteiger partial charge in [-0.05, 0) is 41.1 Å². The van der Waals surface area contributed by atoms with Gasteiger partial charge in [0, 0.05) is 10.6 Å². The molecule has 0 aliphatic carbocycles. The Hall–Kier alpha value is -0.730. The summed E-state index contributed by atoms with van der Waals surface area (Å²) in [6.45, 7) is 2.15. The van der Waals surface area contributed by atoms with E-state index < -0.39 is 0 Å². The van der Waals surface area contributed by atoms with Gasteiger partial charge in [-0.2, -0.15) is 0 Å². The number of aryl methyl sites for hydroxylation is 1. The van der Waals surface area contributed by atoms with Crippen LogP contribution in [-0.4, -0.2) is 0 Å². The molecule has 0 spiro atoms. The maximum Gasteiger partial charge on any atom is 0.0868 e. The van der Waals surface area contributed by atoms with Gasteiger partial charge in [-0.25, -0.2) is 0 Å². The van der Waals surface area contributed by atoms with Gasteiger partial charge in [-0.1, -0.05) is 6.92 Å². The zero-order valence-electron chi connectivity index (χ0n) is 8.01. The molecule has 1 heterocycles. The van der Waals surface area contributed by atoms with Crippen molar-refractivity contribution in [3.63, 3.8) is 0 Å². The average Bonchev–Trinajstić information content (AvgIpc) is 2.54. The lowest BCUT2D eigenvalue weighted by Crippen LogP contribution is -1.88. The molecule has 0 saturated heterocycles. The number of halogens is 1. The van der Waals surface area contributed by atoms with Crippen LogP contribution in [0.1, 0.15) is 18.1 Å². The molecule has 1 nitrogen and oxygen atoms in total. The van der Waals surface area contributed by atoms with Crippen LogP contribution in [-0.2, 0) is 12.3 Å². The Labute approximate surface area is 92.5 Å². The smallest absolute Gasteiger partial charge is 0.0868 e. The number of hydrogen-bond donors (Lipinski definition) is 1. The second-order valence-electron chi connectivity index (χ2n) is 3.29. The fraction of sp³-hybridized carbons (Fsp3) is 0.273. The SMILES string of the molecule is CCc1cc2cc(N)sc2cc1CCl. The molecule has 1 aromatic heterocycles. The molecule has 0 atom stereocenters. The second-order valence-corrected chi connectivity index (χ2v) is 4.68. The van der Waals surface area contributed by atoms with E-state index in [-0.39, 0.29) is 0 Å². The molecule has 1 aromatic carbocycles. The van der Waals surface area contributed by atoms with Crippen molar-refractivity contribution in [3.05, 3.63) is 29.3 Å². The van der Waals surface area contributed by atoms with E-state index in [1.807, 2.05) is 6.07 Å². The molecular weight excluding hydrogens is 214 g/mol. The number of benzene rings is 1. The van der Waals surface area contributed by atoms with Crippen LogP contribution < -0.4 is 5.73 Å². The standard InChI is InChI=1S/C11H12ClNS/c1-2-7-3-8-5-11(13)14-10(8)4-9(7)6-12/h3-5H,2,6,13H2,1H3. The zero-order chi connectivity index (χ0) is 10.1. The first-order valence-electron chi connectivity index (χ1n) is 4.61. The minimum Gasteiger partial charge on any atom is -0.391 e. The molecule has 0 aliphatic heterocycles. The van der Waals surface area contributed by atoms with Crippen molar-refractivity contribution in [2.24, 2.45) is 0 Å². The fourth-order valence-corrected chi connectivity index (χ4v) is 2.78. The van der Waals surface area contributed by atoms with Crippen molar-refractivity contribution in [3.8, 4) is 0 Å². The number of nitrogens with two attached hydrogens (primary N) is 1. The van der Waals surface area contributed by atoms with E-state index >= 15 is 0 Å². The van der Waals surface area contributed by atoms with Gasteiger partial charge in [0.1, 0.15) is 0 Å². The van der Waals surface area contributed by atoms with Crippen molar-refractivity contribution in [1.29, 1.82) is 0 Å². The predicted molar refractivity (Wildman–Crippen MR) is 65.2 cm³/mol. The van der Waals surface area contributed by atoms with Crippen LogP contribution in [0.3, 0.4) is 0 Å². The minimum atomic E-state index is 0.580. The summed E-state index contributed by atoms with van der Waals surface area (Å²) in [5, 5.41) is 2.10. The normalized spacial score (nSPS) is 11.0. The Morgan fingerprint density at radius 3 is 2.71 bits per heavy atom. The summed E-state index contributed by atoms with van der Waals surface area (Å²) in [6.07, 6.45) is 1.02. The van der Waals surface area contributed by atoms with E-state index in [2.05, 4.69) is 19.1 Å². The lowest BCUT2D eigenvalue weighted by atomic mass is 10.0. The molecule has 2 aromatic rings. The van der Waals surface area contributed by atoms with Crippen LogP contribution in [0, 0.1) is 0 Å². The molecule has 0 bridgehead atoms. The number of thiophene rings is 1. The van der Waals surface area contributed by atoms with Gasteiger partial charge in [0.05, 0.1) is 5.00 Å². The molecule has 74 valence electrons. The summed E-state index contributed by atoms with van der Waals surface area (Å²) in [5.74, 6) is 0.580. The van der Waals surface area contributed by atoms with Gasteiger partial charge in [0.25, 0.3) is 0 Å². The number of alkyl halides is 1. The monoisotopic (exact) mass is 225 g/mol. The van der Waals surface area contributed by atoms with E-state index in [0.717, 1.165) is 11.4 Å². The molecule has 2 rings (SSSR count). The molecule has 0 aliphatic rings. The molecule has 0 fully saturated rings. The molecule has 0 radical (unpaired) electrons. The van der Waals surface area contributed by atoms with Crippen molar-refractivity contribution in [1.82, 2.24) is 0 Å². The molecular formula is C11H12ClNS. The average molecular weight is 226 g/mol. The maximum atomic E-state index is 5.89. The van der Waals surface area contributed by atoms with Gasteiger partial charge in [0.2, 0.25) is 0 Å². The number of anilines is 1. The zero-order valence-corrected chi connectivity index (χ0v) is 9.58. The van der Waals surface area contributed by atoms with Crippen LogP contribution in [0.5, 0.6) is 0 Å². The van der Waals surface area contributed by atoms with Crippen molar-refractivity contribution in [2.45, 2.75) is 19.2 Å². The lowest BCUT2D eigenvalue weighted by Gasteiger charge is -2.04. The Kier molecular flexibility index (Phi) is 2.66. The van der Waals surface area contributed by atoms with Crippen molar-refractivity contribution < 1.29 is 0 Å². The quantitative estimate of drug-likeness (QED) is 0.774. The highest BCUT2D eigenvalue weighted by atomic mass is 35.5. The number of fused-ring (bicyclic) bond motifs is 1. The Morgan fingerprint density at radius 2 is 2.07 bits per heavy atom. The Bertz CT molecular complexity index is 421. The lowest BCUT2D eigenvalue weighted by molar-refractivity contribution is 1.11. The molecule has 0 saturated carbocycles. The highest BCUT2D eigenvalue weighted by Crippen LogP contribution is 2.30. The third-order valence-electron chi connectivity index (χ3n) is 2.38. The Morgan fingerprint density at radius 1 is 1.29 bits per heavy atom. The highest BCUT2D eigenvalue weighted by Gasteiger charge is 2.05. The number of hydrogen-bond acceptors (Lipinski definition) is 2. The fourth-order valence-electron chi connectivity index (χ4n) is 1.65. The Balaban J connectivity index is 2.68. The van der Waals surface area contributed by atoms with Gasteiger partial charge in [-0.15, -0.1) is 22.9 Å². The summed E-state index contributed by atoms with van der Waals surface area (Å²) in [7, 11) is 0. The summed E-state index contributed by atoms with van der Waals surface area (Å²) in [5.41, 5.74) is 8.31. The third-order valence-corrected chi connectivity index (χ3v) is 3.60. The van der Waals surface area contributed by atoms with E-state index in [1.54, 1.807) is 11.3 Å². The first-order valence-corrected chi connectivity index (χ1v) is 5.96. The number of nitrogen functional groups attached to an aromatic ring is 1. The number of rotatable bonds is 2. The summed E-state index contributed by atoms with van der Waals surface area (Å²) < 4.78 is 1.23. The van der Waals surface area contributed by atoms with E-state index in [1.165, 1.54) is 21.2 Å². The molecule has 0 amide bonds. The highest BCUT2D eigenvalue weighted by molar-refractivity contribution is 7.22. The van der Waals surface area contributed by atoms with E-state index in [9.17, 15) is 0 Å². The first-order chi connectivity index (χ1) is 6.74. The van der Waals surface area contributed by atoms with Crippen LogP contribution in [0.4, 0.5) is 5.00 Å². The predicted octanol–water partition coefficient (Wildman–Crippen LogP) is 3.78.